The number of aromatic amines is 1. The van der Waals surface area contributed by atoms with Gasteiger partial charge in [0.05, 0.1) is 23.3 Å². The number of hydrogen-bond acceptors (Lipinski definition) is 5. The molecule has 0 saturated carbocycles. The minimum Gasteiger partial charge on any atom is -0.290 e. The summed E-state index contributed by atoms with van der Waals surface area (Å²) in [7, 11) is 0. The third-order valence-corrected chi connectivity index (χ3v) is 3.96. The molecular formula is C17H16N6O2. The molecule has 0 saturated heterocycles. The fourth-order valence-electron chi connectivity index (χ4n) is 2.74. The Kier molecular flexibility index (Phi) is 3.11. The van der Waals surface area contributed by atoms with Crippen LogP contribution in [0, 0.1) is 0 Å². The lowest BCUT2D eigenvalue weighted by Crippen LogP contribution is -2.27. The molecule has 25 heavy (non-hydrogen) atoms. The van der Waals surface area contributed by atoms with Crippen LogP contribution in [0.4, 0.5) is 0 Å². The van der Waals surface area contributed by atoms with E-state index in [1.165, 1.54) is 6.20 Å². The largest absolute Gasteiger partial charge is 0.290 e. The van der Waals surface area contributed by atoms with Crippen molar-refractivity contribution in [2.45, 2.75) is 26.3 Å². The van der Waals surface area contributed by atoms with Crippen LogP contribution >= 0.6 is 0 Å². The van der Waals surface area contributed by atoms with Gasteiger partial charge in [-0.1, -0.05) is 18.2 Å². The highest BCUT2D eigenvalue weighted by Crippen LogP contribution is 2.18. The minimum atomic E-state index is -0.364. The van der Waals surface area contributed by atoms with Crippen molar-refractivity contribution >= 4 is 21.8 Å². The topological polar surface area (TPSA) is 98.5 Å². The van der Waals surface area contributed by atoms with Gasteiger partial charge in [-0.2, -0.15) is 19.9 Å². The minimum absolute atomic E-state index is 0.0688. The first kappa shape index (κ1) is 15.3. The molecule has 0 bridgehead atoms. The van der Waals surface area contributed by atoms with E-state index in [1.54, 1.807) is 23.0 Å². The van der Waals surface area contributed by atoms with Gasteiger partial charge in [-0.05, 0) is 26.8 Å². The molecule has 126 valence electrons. The second-order valence-electron chi connectivity index (χ2n) is 6.80. The van der Waals surface area contributed by atoms with Gasteiger partial charge in [0.25, 0.3) is 11.1 Å². The number of benzene rings is 1. The van der Waals surface area contributed by atoms with Gasteiger partial charge >= 0.3 is 0 Å². The summed E-state index contributed by atoms with van der Waals surface area (Å²) >= 11 is 0. The van der Waals surface area contributed by atoms with Crippen molar-refractivity contribution in [1.29, 1.82) is 0 Å². The molecule has 8 heteroatoms. The van der Waals surface area contributed by atoms with Crippen LogP contribution in [-0.2, 0) is 5.54 Å². The normalized spacial score (nSPS) is 12.1. The van der Waals surface area contributed by atoms with Crippen molar-refractivity contribution in [1.82, 2.24) is 29.5 Å². The molecule has 0 amide bonds. The van der Waals surface area contributed by atoms with Crippen LogP contribution in [0.5, 0.6) is 0 Å². The van der Waals surface area contributed by atoms with Crippen LogP contribution in [0.15, 0.2) is 46.2 Å². The summed E-state index contributed by atoms with van der Waals surface area (Å²) in [5.41, 5.74) is -0.658. The quantitative estimate of drug-likeness (QED) is 0.569. The van der Waals surface area contributed by atoms with Crippen molar-refractivity contribution in [3.8, 4) is 5.95 Å². The smallest absolute Gasteiger partial charge is 0.282 e. The van der Waals surface area contributed by atoms with Crippen molar-refractivity contribution in [2.24, 2.45) is 0 Å². The molecule has 1 N–H and O–H groups in total. The number of rotatable bonds is 1. The van der Waals surface area contributed by atoms with Crippen LogP contribution in [0.1, 0.15) is 20.8 Å². The van der Waals surface area contributed by atoms with Crippen LogP contribution < -0.4 is 11.1 Å². The highest BCUT2D eigenvalue weighted by atomic mass is 16.1. The zero-order valence-corrected chi connectivity index (χ0v) is 14.0. The van der Waals surface area contributed by atoms with Gasteiger partial charge in [-0.15, -0.1) is 0 Å². The van der Waals surface area contributed by atoms with Crippen LogP contribution in [0.25, 0.3) is 27.8 Å². The Morgan fingerprint density at radius 3 is 2.52 bits per heavy atom. The van der Waals surface area contributed by atoms with Gasteiger partial charge in [0.2, 0.25) is 5.95 Å². The monoisotopic (exact) mass is 336 g/mol. The second-order valence-corrected chi connectivity index (χ2v) is 6.80. The number of fused-ring (bicyclic) bond motifs is 2. The van der Waals surface area contributed by atoms with Gasteiger partial charge in [0.1, 0.15) is 5.39 Å². The van der Waals surface area contributed by atoms with E-state index in [0.29, 0.717) is 16.4 Å². The van der Waals surface area contributed by atoms with E-state index in [0.717, 1.165) is 10.1 Å². The first-order valence-corrected chi connectivity index (χ1v) is 7.82. The van der Waals surface area contributed by atoms with Gasteiger partial charge in [-0.25, -0.2) is 4.68 Å². The summed E-state index contributed by atoms with van der Waals surface area (Å²) < 4.78 is 2.76. The van der Waals surface area contributed by atoms with E-state index < -0.39 is 0 Å². The van der Waals surface area contributed by atoms with Crippen molar-refractivity contribution in [3.63, 3.8) is 0 Å². The molecule has 0 unspecified atom stereocenters. The number of hydrogen-bond donors (Lipinski definition) is 1. The summed E-state index contributed by atoms with van der Waals surface area (Å²) in [6.07, 6.45) is 3.05. The lowest BCUT2D eigenvalue weighted by molar-refractivity contribution is 0.365. The summed E-state index contributed by atoms with van der Waals surface area (Å²) in [5, 5.41) is 10.0. The van der Waals surface area contributed by atoms with Crippen LogP contribution in [-0.4, -0.2) is 29.5 Å². The molecule has 4 rings (SSSR count). The summed E-state index contributed by atoms with van der Waals surface area (Å²) in [6.45, 7) is 5.88. The summed E-state index contributed by atoms with van der Waals surface area (Å²) in [6, 6.07) is 7.14. The molecular weight excluding hydrogens is 320 g/mol. The average Bonchev–Trinajstić information content (AvgIpc) is 3.00. The Balaban J connectivity index is 2.04. The Labute approximate surface area is 141 Å². The third-order valence-electron chi connectivity index (χ3n) is 3.96. The number of nitrogens with one attached hydrogen (secondary N) is 1. The Morgan fingerprint density at radius 1 is 1.00 bits per heavy atom. The fourth-order valence-corrected chi connectivity index (χ4v) is 2.74. The lowest BCUT2D eigenvalue weighted by Gasteiger charge is -2.19. The molecule has 4 aromatic rings. The molecule has 0 aliphatic rings. The lowest BCUT2D eigenvalue weighted by atomic mass is 10.1. The van der Waals surface area contributed by atoms with Gasteiger partial charge in [-0.3, -0.25) is 14.6 Å². The SMILES string of the molecule is CC(C)(C)n1ncc2c(=O)[nH]c(-n3ncc4ccccc4c3=O)nc21. The molecule has 0 aliphatic carbocycles. The first-order chi connectivity index (χ1) is 11.9. The average molecular weight is 336 g/mol. The van der Waals surface area contributed by atoms with E-state index in [2.05, 4.69) is 20.2 Å². The fraction of sp³-hybridized carbons (Fsp3) is 0.235. The molecule has 8 nitrogen and oxygen atoms in total. The maximum absolute atomic E-state index is 12.7. The maximum Gasteiger partial charge on any atom is 0.282 e. The van der Waals surface area contributed by atoms with Gasteiger partial charge < -0.3 is 0 Å². The van der Waals surface area contributed by atoms with Crippen LogP contribution in [0.3, 0.4) is 0 Å². The number of H-pyrrole nitrogens is 1. The molecule has 1 aromatic carbocycles. The van der Waals surface area contributed by atoms with E-state index in [4.69, 9.17) is 0 Å². The standard InChI is InChI=1S/C17H16N6O2/c1-17(2,3)23-13-12(9-19-23)14(24)21-16(20-13)22-15(25)11-7-5-4-6-10(11)8-18-22/h4-9H,1-3H3,(H,20,21,24). The van der Waals surface area contributed by atoms with Crippen molar-refractivity contribution < 1.29 is 0 Å². The number of aromatic nitrogens is 6. The molecule has 0 radical (unpaired) electrons. The third kappa shape index (κ3) is 2.34. The van der Waals surface area contributed by atoms with E-state index in [-0.39, 0.29) is 22.6 Å². The Morgan fingerprint density at radius 2 is 1.76 bits per heavy atom. The zero-order chi connectivity index (χ0) is 17.8. The first-order valence-electron chi connectivity index (χ1n) is 7.82. The Hall–Kier alpha value is -3.29. The molecule has 0 fully saturated rings. The molecule has 0 spiro atoms. The Bertz CT molecular complexity index is 1230. The van der Waals surface area contributed by atoms with E-state index in [1.807, 2.05) is 32.9 Å². The van der Waals surface area contributed by atoms with E-state index >= 15 is 0 Å². The summed E-state index contributed by atoms with van der Waals surface area (Å²) in [5.74, 6) is 0.0688. The molecule has 0 aliphatic heterocycles. The van der Waals surface area contributed by atoms with Gasteiger partial charge in [0.15, 0.2) is 5.65 Å². The van der Waals surface area contributed by atoms with Crippen LogP contribution in [0.2, 0.25) is 0 Å². The molecule has 3 aromatic heterocycles. The molecule has 3 heterocycles. The second kappa shape index (κ2) is 5.10. The predicted octanol–water partition coefficient (Wildman–Crippen LogP) is 1.57. The predicted molar refractivity (Wildman–Crippen MR) is 94.0 cm³/mol. The van der Waals surface area contributed by atoms with E-state index in [9.17, 15) is 9.59 Å². The van der Waals surface area contributed by atoms with Crippen molar-refractivity contribution in [2.75, 3.05) is 0 Å². The number of nitrogens with zero attached hydrogens (tertiary/aromatic N) is 5. The highest BCUT2D eigenvalue weighted by molar-refractivity contribution is 5.80. The molecule has 0 atom stereocenters. The van der Waals surface area contributed by atoms with Gasteiger partial charge in [0, 0.05) is 5.39 Å². The van der Waals surface area contributed by atoms with Crippen molar-refractivity contribution in [3.05, 3.63) is 57.4 Å². The highest BCUT2D eigenvalue weighted by Gasteiger charge is 2.20. The maximum atomic E-state index is 12.7. The summed E-state index contributed by atoms with van der Waals surface area (Å²) in [4.78, 5) is 32.2. The zero-order valence-electron chi connectivity index (χ0n) is 14.0.